The number of nitrogens with zero attached hydrogens (tertiary/aromatic N) is 2. The van der Waals surface area contributed by atoms with Crippen molar-refractivity contribution in [2.75, 3.05) is 5.32 Å². The first-order valence-electron chi connectivity index (χ1n) is 10.6. The molecule has 4 heterocycles. The summed E-state index contributed by atoms with van der Waals surface area (Å²) in [5, 5.41) is 8.64. The van der Waals surface area contributed by atoms with Crippen molar-refractivity contribution < 1.29 is 13.9 Å². The van der Waals surface area contributed by atoms with E-state index in [1.54, 1.807) is 29.8 Å². The number of ether oxygens (including phenoxy) is 1. The lowest BCUT2D eigenvalue weighted by Crippen LogP contribution is -2.38. The van der Waals surface area contributed by atoms with Crippen LogP contribution in [0.3, 0.4) is 0 Å². The molecule has 4 rings (SSSR count). The van der Waals surface area contributed by atoms with Gasteiger partial charge in [-0.15, -0.1) is 11.3 Å². The summed E-state index contributed by atoms with van der Waals surface area (Å²) >= 11 is 8.04. The zero-order chi connectivity index (χ0) is 23.6. The molecule has 0 aliphatic heterocycles. The van der Waals surface area contributed by atoms with Crippen LogP contribution in [0.5, 0.6) is 0 Å². The van der Waals surface area contributed by atoms with Crippen LogP contribution in [-0.4, -0.2) is 32.7 Å². The van der Waals surface area contributed by atoms with E-state index in [9.17, 15) is 4.79 Å². The molecule has 1 amide bonds. The van der Waals surface area contributed by atoms with Crippen LogP contribution in [0.1, 0.15) is 38.3 Å². The van der Waals surface area contributed by atoms with Crippen LogP contribution in [0.2, 0.25) is 5.15 Å². The molecule has 0 fully saturated rings. The monoisotopic (exact) mass is 487 g/mol. The molecule has 4 aromatic heterocycles. The lowest BCUT2D eigenvalue weighted by Gasteiger charge is -2.21. The molecule has 3 N–H and O–H groups in total. The Morgan fingerprint density at radius 3 is 2.88 bits per heavy atom. The third-order valence-electron chi connectivity index (χ3n) is 4.71. The number of rotatable bonds is 7. The van der Waals surface area contributed by atoms with Gasteiger partial charge >= 0.3 is 6.09 Å². The summed E-state index contributed by atoms with van der Waals surface area (Å²) in [6.07, 6.45) is 3.33. The van der Waals surface area contributed by atoms with Gasteiger partial charge in [-0.2, -0.15) is 0 Å². The molecule has 0 aromatic carbocycles. The molecule has 0 aliphatic rings. The van der Waals surface area contributed by atoms with Crippen LogP contribution < -0.4 is 10.6 Å². The largest absolute Gasteiger partial charge is 0.456 e. The Kier molecular flexibility index (Phi) is 6.62. The van der Waals surface area contributed by atoms with Crippen molar-refractivity contribution in [3.05, 3.63) is 51.8 Å². The smallest absolute Gasteiger partial charge is 0.407 e. The summed E-state index contributed by atoms with van der Waals surface area (Å²) in [7, 11) is 0. The molecule has 1 atom stereocenters. The van der Waals surface area contributed by atoms with Crippen molar-refractivity contribution >= 4 is 45.8 Å². The third kappa shape index (κ3) is 5.66. The number of fused-ring (bicyclic) bond motifs is 1. The van der Waals surface area contributed by atoms with Gasteiger partial charge in [0.2, 0.25) is 0 Å². The van der Waals surface area contributed by atoms with Crippen molar-refractivity contribution in [3.63, 3.8) is 0 Å². The number of imidazole rings is 1. The fraction of sp³-hybridized carbons (Fsp3) is 0.348. The molecule has 33 heavy (non-hydrogen) atoms. The highest BCUT2D eigenvalue weighted by molar-refractivity contribution is 7.09. The Bertz CT molecular complexity index is 1230. The van der Waals surface area contributed by atoms with Gasteiger partial charge in [0, 0.05) is 42.3 Å². The Balaban J connectivity index is 1.67. The number of pyridine rings is 1. The summed E-state index contributed by atoms with van der Waals surface area (Å²) in [5.74, 6) is 1.25. The predicted octanol–water partition coefficient (Wildman–Crippen LogP) is 6.00. The fourth-order valence-electron chi connectivity index (χ4n) is 3.44. The van der Waals surface area contributed by atoms with Gasteiger partial charge in [-0.25, -0.2) is 14.8 Å². The maximum absolute atomic E-state index is 12.2. The minimum atomic E-state index is -0.577. The molecule has 0 bridgehead atoms. The molecule has 0 spiro atoms. The highest BCUT2D eigenvalue weighted by Gasteiger charge is 2.25. The standard InChI is InChI=1S/C23H26ClN5O3S/c1-13(28-22(30)32-23(2,3)4)10-16-18(21-25-7-8-26-21)19-20(31-16)15(11-17(24)29-19)27-12-14-6-5-9-33-14/h5-9,11,13H,10,12H2,1-4H3,(H,25,26)(H,27,29)(H,28,30). The SMILES string of the molecule is CC(Cc1oc2c(NCc3cccs3)cc(Cl)nc2c1-c1ncc[nH]1)NC(=O)OC(C)(C)C. The van der Waals surface area contributed by atoms with Crippen LogP contribution >= 0.6 is 22.9 Å². The summed E-state index contributed by atoms with van der Waals surface area (Å²) in [6, 6.07) is 5.56. The minimum Gasteiger partial charge on any atom is -0.456 e. The normalized spacial score (nSPS) is 12.6. The first kappa shape index (κ1) is 23.1. The average molecular weight is 488 g/mol. The number of furan rings is 1. The van der Waals surface area contributed by atoms with Gasteiger partial charge in [0.1, 0.15) is 27.9 Å². The molecule has 1 unspecified atom stereocenters. The summed E-state index contributed by atoms with van der Waals surface area (Å²) in [4.78, 5) is 25.5. The maximum Gasteiger partial charge on any atom is 0.407 e. The number of alkyl carbamates (subject to hydrolysis) is 1. The predicted molar refractivity (Wildman–Crippen MR) is 131 cm³/mol. The highest BCUT2D eigenvalue weighted by atomic mass is 35.5. The lowest BCUT2D eigenvalue weighted by molar-refractivity contribution is 0.0507. The molecule has 0 saturated carbocycles. The second-order valence-electron chi connectivity index (χ2n) is 8.69. The molecule has 8 nitrogen and oxygen atoms in total. The number of H-pyrrole nitrogens is 1. The zero-order valence-electron chi connectivity index (χ0n) is 18.9. The molecule has 174 valence electrons. The van der Waals surface area contributed by atoms with Gasteiger partial charge in [0.05, 0.1) is 11.3 Å². The topological polar surface area (TPSA) is 105 Å². The van der Waals surface area contributed by atoms with E-state index in [1.165, 1.54) is 4.88 Å². The van der Waals surface area contributed by atoms with Gasteiger partial charge in [-0.05, 0) is 39.1 Å². The maximum atomic E-state index is 12.2. The van der Waals surface area contributed by atoms with E-state index in [4.69, 9.17) is 20.8 Å². The number of carbonyl (C=O) groups excluding carboxylic acids is 1. The molecule has 0 aliphatic carbocycles. The van der Waals surface area contributed by atoms with E-state index in [-0.39, 0.29) is 6.04 Å². The van der Waals surface area contributed by atoms with Crippen molar-refractivity contribution in [3.8, 4) is 11.4 Å². The van der Waals surface area contributed by atoms with Crippen molar-refractivity contribution in [2.24, 2.45) is 0 Å². The second kappa shape index (κ2) is 9.44. The Hall–Kier alpha value is -3.04. The zero-order valence-corrected chi connectivity index (χ0v) is 20.4. The Labute approximate surface area is 200 Å². The Morgan fingerprint density at radius 2 is 2.21 bits per heavy atom. The number of hydrogen-bond donors (Lipinski definition) is 3. The number of nitrogens with one attached hydrogen (secondary N) is 3. The number of aromatic nitrogens is 3. The second-order valence-corrected chi connectivity index (χ2v) is 10.1. The van der Waals surface area contributed by atoms with Gasteiger partial charge in [0.15, 0.2) is 5.58 Å². The third-order valence-corrected chi connectivity index (χ3v) is 5.78. The average Bonchev–Trinajstić information content (AvgIpc) is 3.45. The van der Waals surface area contributed by atoms with E-state index in [1.807, 2.05) is 39.1 Å². The number of aromatic amines is 1. The van der Waals surface area contributed by atoms with Gasteiger partial charge in [0.25, 0.3) is 0 Å². The van der Waals surface area contributed by atoms with E-state index in [0.717, 1.165) is 11.3 Å². The first-order chi connectivity index (χ1) is 15.7. The Morgan fingerprint density at radius 1 is 1.39 bits per heavy atom. The van der Waals surface area contributed by atoms with E-state index in [0.29, 0.717) is 40.8 Å². The summed E-state index contributed by atoms with van der Waals surface area (Å²) < 4.78 is 11.7. The number of halogens is 1. The minimum absolute atomic E-state index is 0.257. The molecule has 0 radical (unpaired) electrons. The molecule has 0 saturated heterocycles. The molecule has 4 aromatic rings. The first-order valence-corrected chi connectivity index (χ1v) is 11.8. The van der Waals surface area contributed by atoms with Crippen LogP contribution in [0.25, 0.3) is 22.5 Å². The van der Waals surface area contributed by atoms with Gasteiger partial charge in [-0.1, -0.05) is 17.7 Å². The number of carbonyl (C=O) groups is 1. The van der Waals surface area contributed by atoms with Crippen molar-refractivity contribution in [1.29, 1.82) is 0 Å². The van der Waals surface area contributed by atoms with Crippen LogP contribution in [-0.2, 0) is 17.7 Å². The van der Waals surface area contributed by atoms with Crippen LogP contribution in [0.15, 0.2) is 40.4 Å². The highest BCUT2D eigenvalue weighted by Crippen LogP contribution is 2.38. The molecular formula is C23H26ClN5O3S. The van der Waals surface area contributed by atoms with Gasteiger partial charge < -0.3 is 24.8 Å². The molecular weight excluding hydrogens is 462 g/mol. The summed E-state index contributed by atoms with van der Waals surface area (Å²) in [6.45, 7) is 8.00. The van der Waals surface area contributed by atoms with E-state index >= 15 is 0 Å². The number of hydrogen-bond acceptors (Lipinski definition) is 7. The number of thiophene rings is 1. The van der Waals surface area contributed by atoms with E-state index in [2.05, 4.69) is 31.7 Å². The quantitative estimate of drug-likeness (QED) is 0.276. The number of amides is 1. The number of anilines is 1. The summed E-state index contributed by atoms with van der Waals surface area (Å²) in [5.41, 5.74) is 2.07. The van der Waals surface area contributed by atoms with Crippen LogP contribution in [0.4, 0.5) is 10.5 Å². The van der Waals surface area contributed by atoms with Crippen LogP contribution in [0, 0.1) is 0 Å². The molecule has 10 heteroatoms. The van der Waals surface area contributed by atoms with Crippen molar-refractivity contribution in [2.45, 2.75) is 52.3 Å². The lowest BCUT2D eigenvalue weighted by atomic mass is 10.1. The van der Waals surface area contributed by atoms with Gasteiger partial charge in [-0.3, -0.25) is 0 Å². The van der Waals surface area contributed by atoms with Crippen molar-refractivity contribution in [1.82, 2.24) is 20.3 Å². The van der Waals surface area contributed by atoms with E-state index < -0.39 is 11.7 Å². The fourth-order valence-corrected chi connectivity index (χ4v) is 4.27.